The smallest absolute Gasteiger partial charge is 0.407 e. The lowest BCUT2D eigenvalue weighted by Gasteiger charge is -2.17. The quantitative estimate of drug-likeness (QED) is 0.749. The minimum atomic E-state index is -0.970. The molecule has 2 heterocycles. The third-order valence-corrected chi connectivity index (χ3v) is 4.31. The highest BCUT2D eigenvalue weighted by Gasteiger charge is 2.34. The fourth-order valence-corrected chi connectivity index (χ4v) is 3.11. The van der Waals surface area contributed by atoms with Crippen LogP contribution in [0.4, 0.5) is 4.79 Å². The minimum Gasteiger partial charge on any atom is -0.508 e. The molecule has 1 unspecified atom stereocenters. The van der Waals surface area contributed by atoms with E-state index < -0.39 is 6.09 Å². The second-order valence-corrected chi connectivity index (χ2v) is 5.84. The molecular weight excluding hydrogens is 310 g/mol. The Kier molecular flexibility index (Phi) is 3.34. The van der Waals surface area contributed by atoms with Crippen molar-refractivity contribution >= 4 is 16.9 Å². The van der Waals surface area contributed by atoms with Gasteiger partial charge >= 0.3 is 6.09 Å². The summed E-state index contributed by atoms with van der Waals surface area (Å²) in [5.41, 5.74) is 0.781. The van der Waals surface area contributed by atoms with E-state index in [9.17, 15) is 15.0 Å². The van der Waals surface area contributed by atoms with Crippen molar-refractivity contribution in [3.63, 3.8) is 0 Å². The number of carbonyl (C=O) groups is 1. The largest absolute Gasteiger partial charge is 0.508 e. The van der Waals surface area contributed by atoms with E-state index in [2.05, 4.69) is 10.1 Å². The molecule has 1 amide bonds. The lowest BCUT2D eigenvalue weighted by atomic mass is 10.1. The Balaban J connectivity index is 1.67. The first-order chi connectivity index (χ1) is 11.6. The van der Waals surface area contributed by atoms with Crippen LogP contribution < -0.4 is 0 Å². The molecule has 1 aliphatic rings. The summed E-state index contributed by atoms with van der Waals surface area (Å²) in [5, 5.41) is 24.6. The molecule has 1 saturated heterocycles. The van der Waals surface area contributed by atoms with Gasteiger partial charge in [-0.1, -0.05) is 23.4 Å². The normalized spacial score (nSPS) is 17.5. The van der Waals surface area contributed by atoms with Crippen LogP contribution in [-0.4, -0.2) is 37.9 Å². The van der Waals surface area contributed by atoms with Crippen molar-refractivity contribution in [2.45, 2.75) is 18.9 Å². The molecule has 0 saturated carbocycles. The highest BCUT2D eigenvalue weighted by molar-refractivity contribution is 5.87. The second kappa shape index (κ2) is 5.52. The number of aromatic hydroxyl groups is 1. The number of carboxylic acid groups (broad SMARTS) is 1. The van der Waals surface area contributed by atoms with Gasteiger partial charge in [-0.3, -0.25) is 4.90 Å². The van der Waals surface area contributed by atoms with Gasteiger partial charge in [-0.15, -0.1) is 0 Å². The molecule has 0 radical (unpaired) electrons. The molecule has 1 aromatic heterocycles. The Bertz CT molecular complexity index is 921. The summed E-state index contributed by atoms with van der Waals surface area (Å²) in [6.45, 7) is 0.483. The van der Waals surface area contributed by atoms with Crippen LogP contribution in [0.1, 0.15) is 24.8 Å². The highest BCUT2D eigenvalue weighted by Crippen LogP contribution is 2.32. The number of likely N-dealkylation sites (tertiary alicyclic amines) is 1. The zero-order chi connectivity index (χ0) is 16.7. The molecule has 1 fully saturated rings. The first-order valence-electron chi connectivity index (χ1n) is 7.68. The Morgan fingerprint density at radius 1 is 1.21 bits per heavy atom. The van der Waals surface area contributed by atoms with Crippen molar-refractivity contribution < 1.29 is 19.5 Å². The van der Waals surface area contributed by atoms with E-state index >= 15 is 0 Å². The Morgan fingerprint density at radius 2 is 2.00 bits per heavy atom. The summed E-state index contributed by atoms with van der Waals surface area (Å²) >= 11 is 0. The van der Waals surface area contributed by atoms with Gasteiger partial charge in [-0.05, 0) is 41.8 Å². The fourth-order valence-electron chi connectivity index (χ4n) is 3.11. The molecule has 3 aromatic rings. The summed E-state index contributed by atoms with van der Waals surface area (Å²) in [5.74, 6) is 0.972. The van der Waals surface area contributed by atoms with E-state index in [0.29, 0.717) is 24.7 Å². The number of rotatable bonds is 2. The maximum absolute atomic E-state index is 11.3. The Morgan fingerprint density at radius 3 is 2.83 bits per heavy atom. The molecule has 0 bridgehead atoms. The molecule has 0 aliphatic carbocycles. The zero-order valence-electron chi connectivity index (χ0n) is 12.7. The van der Waals surface area contributed by atoms with Crippen LogP contribution in [0, 0.1) is 0 Å². The molecule has 2 N–H and O–H groups in total. The zero-order valence-corrected chi connectivity index (χ0v) is 12.7. The lowest BCUT2D eigenvalue weighted by molar-refractivity contribution is 0.131. The standard InChI is InChI=1S/C17H15N3O4/c21-13-6-5-10-8-12(4-3-11(10)9-13)15-18-16(24-19-15)14-2-1-7-20(14)17(22)23/h3-6,8-9,14,21H,1-2,7H2,(H,22,23). The summed E-state index contributed by atoms with van der Waals surface area (Å²) in [4.78, 5) is 17.0. The Hall–Kier alpha value is -3.09. The van der Waals surface area contributed by atoms with Gasteiger partial charge in [0.25, 0.3) is 0 Å². The van der Waals surface area contributed by atoms with Crippen molar-refractivity contribution in [2.24, 2.45) is 0 Å². The molecule has 1 atom stereocenters. The number of phenols is 1. The first-order valence-corrected chi connectivity index (χ1v) is 7.68. The van der Waals surface area contributed by atoms with Gasteiger partial charge in [-0.25, -0.2) is 4.79 Å². The van der Waals surface area contributed by atoms with Gasteiger partial charge in [0.2, 0.25) is 11.7 Å². The average molecular weight is 325 g/mol. The van der Waals surface area contributed by atoms with Gasteiger partial charge < -0.3 is 14.7 Å². The molecular formula is C17H15N3O4. The lowest BCUT2D eigenvalue weighted by Crippen LogP contribution is -2.28. The second-order valence-electron chi connectivity index (χ2n) is 5.84. The van der Waals surface area contributed by atoms with Crippen molar-refractivity contribution in [3.05, 3.63) is 42.3 Å². The number of amides is 1. The van der Waals surface area contributed by atoms with Gasteiger partial charge in [0.05, 0.1) is 0 Å². The molecule has 2 aromatic carbocycles. The van der Waals surface area contributed by atoms with Crippen LogP contribution >= 0.6 is 0 Å². The average Bonchev–Trinajstić information content (AvgIpc) is 3.23. The predicted molar refractivity (Wildman–Crippen MR) is 85.6 cm³/mol. The van der Waals surface area contributed by atoms with Crippen molar-refractivity contribution in [3.8, 4) is 17.1 Å². The molecule has 122 valence electrons. The van der Waals surface area contributed by atoms with Gasteiger partial charge in [0.1, 0.15) is 11.8 Å². The van der Waals surface area contributed by atoms with Crippen LogP contribution in [-0.2, 0) is 0 Å². The fraction of sp³-hybridized carbons (Fsp3) is 0.235. The summed E-state index contributed by atoms with van der Waals surface area (Å²) in [6, 6.07) is 10.4. The van der Waals surface area contributed by atoms with Gasteiger partial charge in [-0.2, -0.15) is 4.98 Å². The van der Waals surface area contributed by atoms with E-state index in [0.717, 1.165) is 22.8 Å². The molecule has 24 heavy (non-hydrogen) atoms. The van der Waals surface area contributed by atoms with Crippen molar-refractivity contribution in [1.82, 2.24) is 15.0 Å². The maximum Gasteiger partial charge on any atom is 0.407 e. The van der Waals surface area contributed by atoms with Crippen LogP contribution in [0.3, 0.4) is 0 Å². The predicted octanol–water partition coefficient (Wildman–Crippen LogP) is 3.41. The van der Waals surface area contributed by atoms with E-state index in [1.165, 1.54) is 4.90 Å². The molecule has 1 aliphatic heterocycles. The third kappa shape index (κ3) is 2.44. The minimum absolute atomic E-state index is 0.215. The van der Waals surface area contributed by atoms with Crippen LogP contribution in [0.15, 0.2) is 40.9 Å². The van der Waals surface area contributed by atoms with Gasteiger partial charge in [0.15, 0.2) is 0 Å². The van der Waals surface area contributed by atoms with Gasteiger partial charge in [0, 0.05) is 12.1 Å². The van der Waals surface area contributed by atoms with Crippen LogP contribution in [0.5, 0.6) is 5.75 Å². The number of phenolic OH excluding ortho intramolecular Hbond substituents is 1. The third-order valence-electron chi connectivity index (χ3n) is 4.31. The van der Waals surface area contributed by atoms with E-state index in [1.807, 2.05) is 24.3 Å². The SMILES string of the molecule is O=C(O)N1CCCC1c1nc(-c2ccc3cc(O)ccc3c2)no1. The monoisotopic (exact) mass is 325 g/mol. The van der Waals surface area contributed by atoms with E-state index in [1.54, 1.807) is 12.1 Å². The van der Waals surface area contributed by atoms with Crippen molar-refractivity contribution in [2.75, 3.05) is 6.54 Å². The highest BCUT2D eigenvalue weighted by atomic mass is 16.5. The van der Waals surface area contributed by atoms with Crippen LogP contribution in [0.25, 0.3) is 22.2 Å². The maximum atomic E-state index is 11.3. The van der Waals surface area contributed by atoms with E-state index in [4.69, 9.17) is 4.52 Å². The topological polar surface area (TPSA) is 99.7 Å². The number of nitrogens with zero attached hydrogens (tertiary/aromatic N) is 3. The van der Waals surface area contributed by atoms with Crippen molar-refractivity contribution in [1.29, 1.82) is 0 Å². The molecule has 7 heteroatoms. The number of benzene rings is 2. The summed E-state index contributed by atoms with van der Waals surface area (Å²) in [7, 11) is 0. The number of fused-ring (bicyclic) bond motifs is 1. The molecule has 7 nitrogen and oxygen atoms in total. The molecule has 4 rings (SSSR count). The molecule has 0 spiro atoms. The first kappa shape index (κ1) is 14.5. The van der Waals surface area contributed by atoms with E-state index in [-0.39, 0.29) is 11.8 Å². The Labute approximate surface area is 137 Å². The summed E-state index contributed by atoms with van der Waals surface area (Å²) < 4.78 is 5.31. The number of hydrogen-bond donors (Lipinski definition) is 2. The number of hydrogen-bond acceptors (Lipinski definition) is 5. The van der Waals surface area contributed by atoms with Crippen LogP contribution in [0.2, 0.25) is 0 Å². The summed E-state index contributed by atoms with van der Waals surface area (Å²) in [6.07, 6.45) is 0.502. The number of aromatic nitrogens is 2.